The van der Waals surface area contributed by atoms with Gasteiger partial charge in [-0.2, -0.15) is 0 Å². The Kier molecular flexibility index (Phi) is 4.72. The smallest absolute Gasteiger partial charge is 0.307 e. The molecule has 0 aromatic rings. The van der Waals surface area contributed by atoms with Crippen LogP contribution in [0.3, 0.4) is 0 Å². The molecular weight excluding hydrogens is 364 g/mol. The Morgan fingerprint density at radius 3 is 2.48 bits per heavy atom. The summed E-state index contributed by atoms with van der Waals surface area (Å²) in [4.78, 5) is 23.2. The Morgan fingerprint density at radius 1 is 1.10 bits per heavy atom. The predicted octanol–water partition coefficient (Wildman–Crippen LogP) is 4.94. The van der Waals surface area contributed by atoms with E-state index in [0.29, 0.717) is 17.8 Å². The molecule has 2 fully saturated rings. The van der Waals surface area contributed by atoms with Gasteiger partial charge in [0.15, 0.2) is 5.60 Å². The molecule has 0 radical (unpaired) electrons. The van der Waals surface area contributed by atoms with Crippen LogP contribution in [0.1, 0.15) is 72.6 Å². The van der Waals surface area contributed by atoms with Gasteiger partial charge >= 0.3 is 11.9 Å². The van der Waals surface area contributed by atoms with Crippen LogP contribution in [0, 0.1) is 40.9 Å². The molecule has 0 amide bonds. The van der Waals surface area contributed by atoms with Crippen LogP contribution in [0.2, 0.25) is 0 Å². The van der Waals surface area contributed by atoms with Gasteiger partial charge < -0.3 is 9.47 Å². The minimum Gasteiger partial charge on any atom is -0.445 e. The molecule has 0 aliphatic heterocycles. The number of rotatable bonds is 2. The van der Waals surface area contributed by atoms with Gasteiger partial charge in [0, 0.05) is 25.7 Å². The van der Waals surface area contributed by atoms with Crippen molar-refractivity contribution in [3.05, 3.63) is 23.5 Å². The third kappa shape index (κ3) is 2.88. The highest BCUT2D eigenvalue weighted by Gasteiger charge is 2.65. The van der Waals surface area contributed by atoms with Crippen LogP contribution in [-0.2, 0) is 19.1 Å². The molecule has 0 aromatic heterocycles. The lowest BCUT2D eigenvalue weighted by Gasteiger charge is -2.57. The number of allylic oxidation sites excluding steroid dienone is 4. The Morgan fingerprint density at radius 2 is 1.83 bits per heavy atom. The highest BCUT2D eigenvalue weighted by molar-refractivity contribution is 5.68. The third-order valence-electron chi connectivity index (χ3n) is 8.68. The predicted molar refractivity (Wildman–Crippen MR) is 110 cm³/mol. The lowest BCUT2D eigenvalue weighted by atomic mass is 9.47. The molecule has 4 heteroatoms. The van der Waals surface area contributed by atoms with E-state index in [9.17, 15) is 9.59 Å². The number of carbonyl (C=O) groups excluding carboxylic acids is 2. The molecule has 4 aliphatic carbocycles. The summed E-state index contributed by atoms with van der Waals surface area (Å²) in [6.07, 6.45) is 17.1. The highest BCUT2D eigenvalue weighted by Crippen LogP contribution is 2.67. The van der Waals surface area contributed by atoms with Crippen LogP contribution >= 0.6 is 0 Å². The minimum atomic E-state index is -0.770. The van der Waals surface area contributed by atoms with Gasteiger partial charge in [0.25, 0.3) is 0 Å². The summed E-state index contributed by atoms with van der Waals surface area (Å²) in [5, 5.41) is 0. The second kappa shape index (κ2) is 6.76. The topological polar surface area (TPSA) is 52.6 Å². The zero-order chi connectivity index (χ0) is 21.0. The van der Waals surface area contributed by atoms with Crippen LogP contribution in [0.25, 0.3) is 0 Å². The lowest BCUT2D eigenvalue weighted by Crippen LogP contribution is -2.55. The minimum absolute atomic E-state index is 0.108. The van der Waals surface area contributed by atoms with Gasteiger partial charge in [-0.05, 0) is 73.3 Å². The maximum Gasteiger partial charge on any atom is 0.307 e. The van der Waals surface area contributed by atoms with E-state index >= 15 is 0 Å². The van der Waals surface area contributed by atoms with Crippen LogP contribution < -0.4 is 0 Å². The zero-order valence-electron chi connectivity index (χ0n) is 18.0. The molecule has 0 unspecified atom stereocenters. The fraction of sp³-hybridized carbons (Fsp3) is 0.680. The maximum absolute atomic E-state index is 11.8. The summed E-state index contributed by atoms with van der Waals surface area (Å²) in [6, 6.07) is 0. The first kappa shape index (κ1) is 20.3. The van der Waals surface area contributed by atoms with Gasteiger partial charge in [-0.15, -0.1) is 6.42 Å². The summed E-state index contributed by atoms with van der Waals surface area (Å²) in [5.74, 6) is 4.79. The van der Waals surface area contributed by atoms with Crippen molar-refractivity contribution in [2.45, 2.75) is 78.2 Å². The van der Waals surface area contributed by atoms with Crippen molar-refractivity contribution in [2.24, 2.45) is 28.6 Å². The number of carbonyl (C=O) groups is 2. The van der Waals surface area contributed by atoms with Crippen molar-refractivity contribution >= 4 is 11.9 Å². The summed E-state index contributed by atoms with van der Waals surface area (Å²) in [7, 11) is 0. The molecule has 0 aromatic carbocycles. The average Bonchev–Trinajstić information content (AvgIpc) is 2.94. The second-order valence-corrected chi connectivity index (χ2v) is 9.95. The Labute approximate surface area is 174 Å². The number of ether oxygens (including phenoxy) is 2. The van der Waals surface area contributed by atoms with E-state index in [1.54, 1.807) is 0 Å². The Balaban J connectivity index is 1.66. The first-order chi connectivity index (χ1) is 13.6. The molecule has 0 spiro atoms. The van der Waals surface area contributed by atoms with Gasteiger partial charge in [0.05, 0.1) is 0 Å². The van der Waals surface area contributed by atoms with E-state index in [-0.39, 0.29) is 22.8 Å². The SMILES string of the molecule is C#C[C@@]1(OC(C)=O)CC[C@H]2[C@@H]3CC=C4C=C(OC(C)=O)CC[C@]4(C)[C@H]3CC[C@@]21C. The van der Waals surface area contributed by atoms with Gasteiger partial charge in [-0.25, -0.2) is 0 Å². The molecule has 0 bridgehead atoms. The number of fused-ring (bicyclic) bond motifs is 5. The van der Waals surface area contributed by atoms with Crippen LogP contribution in [0.15, 0.2) is 23.5 Å². The van der Waals surface area contributed by atoms with Crippen molar-refractivity contribution in [2.75, 3.05) is 0 Å². The molecule has 156 valence electrons. The third-order valence-corrected chi connectivity index (χ3v) is 8.68. The van der Waals surface area contributed by atoms with E-state index < -0.39 is 5.60 Å². The van der Waals surface area contributed by atoms with E-state index in [2.05, 4.69) is 31.9 Å². The number of terminal acetylenes is 1. The molecule has 6 atom stereocenters. The quantitative estimate of drug-likeness (QED) is 0.490. The molecule has 0 saturated heterocycles. The number of hydrogen-bond donors (Lipinski definition) is 0. The summed E-state index contributed by atoms with van der Waals surface area (Å²) >= 11 is 0. The van der Waals surface area contributed by atoms with Crippen molar-refractivity contribution in [1.82, 2.24) is 0 Å². The monoisotopic (exact) mass is 396 g/mol. The Bertz CT molecular complexity index is 845. The van der Waals surface area contributed by atoms with E-state index in [1.807, 2.05) is 0 Å². The standard InChI is InChI=1S/C25H32O4/c1-6-25(29-17(3)27)14-11-22-20-8-7-18-15-19(28-16(2)26)9-12-23(18,4)21(20)10-13-24(22,25)5/h1,7,15,20-22H,8-14H2,2-5H3/t20-,21+,22+,23+,24+,25-/m1/s1. The van der Waals surface area contributed by atoms with Crippen molar-refractivity contribution in [3.63, 3.8) is 0 Å². The van der Waals surface area contributed by atoms with Crippen molar-refractivity contribution < 1.29 is 19.1 Å². The van der Waals surface area contributed by atoms with E-state index in [4.69, 9.17) is 15.9 Å². The highest BCUT2D eigenvalue weighted by atomic mass is 16.6. The fourth-order valence-corrected chi connectivity index (χ4v) is 7.24. The summed E-state index contributed by atoms with van der Waals surface area (Å²) in [6.45, 7) is 7.57. The largest absolute Gasteiger partial charge is 0.445 e. The summed E-state index contributed by atoms with van der Waals surface area (Å²) in [5.41, 5.74) is 0.500. The average molecular weight is 397 g/mol. The zero-order valence-corrected chi connectivity index (χ0v) is 18.0. The molecule has 4 rings (SSSR count). The first-order valence-electron chi connectivity index (χ1n) is 10.9. The molecule has 29 heavy (non-hydrogen) atoms. The molecule has 0 heterocycles. The fourth-order valence-electron chi connectivity index (χ4n) is 7.24. The molecular formula is C25H32O4. The Hall–Kier alpha value is -2.02. The van der Waals surface area contributed by atoms with Gasteiger partial charge in [0.1, 0.15) is 5.76 Å². The second-order valence-electron chi connectivity index (χ2n) is 9.95. The number of hydrogen-bond acceptors (Lipinski definition) is 4. The summed E-state index contributed by atoms with van der Waals surface area (Å²) < 4.78 is 11.2. The normalized spacial score (nSPS) is 42.9. The van der Waals surface area contributed by atoms with Crippen LogP contribution in [0.5, 0.6) is 0 Å². The van der Waals surface area contributed by atoms with Crippen molar-refractivity contribution in [1.29, 1.82) is 0 Å². The number of esters is 2. The van der Waals surface area contributed by atoms with Gasteiger partial charge in [-0.3, -0.25) is 9.59 Å². The molecule has 4 nitrogen and oxygen atoms in total. The van der Waals surface area contributed by atoms with Gasteiger partial charge in [-0.1, -0.05) is 25.8 Å². The van der Waals surface area contributed by atoms with Crippen LogP contribution in [0.4, 0.5) is 0 Å². The maximum atomic E-state index is 11.8. The first-order valence-corrected chi connectivity index (χ1v) is 10.9. The van der Waals surface area contributed by atoms with E-state index in [0.717, 1.165) is 50.7 Å². The molecule has 0 N–H and O–H groups in total. The molecule has 4 aliphatic rings. The molecule has 2 saturated carbocycles. The van der Waals surface area contributed by atoms with Crippen molar-refractivity contribution in [3.8, 4) is 12.3 Å². The van der Waals surface area contributed by atoms with E-state index in [1.165, 1.54) is 19.4 Å². The van der Waals surface area contributed by atoms with Crippen LogP contribution in [-0.4, -0.2) is 17.5 Å². The lowest BCUT2D eigenvalue weighted by molar-refractivity contribution is -0.168. The van der Waals surface area contributed by atoms with Gasteiger partial charge in [0.2, 0.25) is 0 Å².